The molecule has 0 unspecified atom stereocenters. The Kier molecular flexibility index (Phi) is 4.98. The fourth-order valence-electron chi connectivity index (χ4n) is 6.74. The Balaban J connectivity index is 1.13. The van der Waals surface area contributed by atoms with E-state index in [0.717, 1.165) is 49.7 Å². The van der Waals surface area contributed by atoms with Crippen molar-refractivity contribution in [2.45, 2.75) is 44.9 Å². The maximum absolute atomic E-state index is 12.6. The lowest BCUT2D eigenvalue weighted by Gasteiger charge is -2.56. The summed E-state index contributed by atoms with van der Waals surface area (Å²) in [5.74, 6) is 2.17. The quantitative estimate of drug-likeness (QED) is 0.767. The summed E-state index contributed by atoms with van der Waals surface area (Å²) in [5, 5.41) is 0. The van der Waals surface area contributed by atoms with Crippen molar-refractivity contribution in [2.24, 2.45) is 23.2 Å². The first-order chi connectivity index (χ1) is 14.1. The normalized spacial score (nSPS) is 32.8. The molecule has 1 aromatic rings. The lowest BCUT2D eigenvalue weighted by molar-refractivity contribution is -0.130. The third kappa shape index (κ3) is 4.00. The van der Waals surface area contributed by atoms with Gasteiger partial charge in [-0.05, 0) is 86.0 Å². The number of anilines is 1. The third-order valence-electron chi connectivity index (χ3n) is 7.52. The molecule has 5 aliphatic rings. The smallest absolute Gasteiger partial charge is 0.269 e. The van der Waals surface area contributed by atoms with Gasteiger partial charge in [0.1, 0.15) is 0 Å². The van der Waals surface area contributed by atoms with E-state index < -0.39 is 0 Å². The zero-order valence-corrected chi connectivity index (χ0v) is 17.0. The van der Waals surface area contributed by atoms with Crippen LogP contribution in [0.4, 0.5) is 5.69 Å². The molecule has 5 fully saturated rings. The van der Waals surface area contributed by atoms with E-state index in [4.69, 9.17) is 4.74 Å². The molecule has 2 amide bonds. The molecule has 2 N–H and O–H groups in total. The molecule has 0 atom stereocenters. The highest BCUT2D eigenvalue weighted by Crippen LogP contribution is 2.61. The fraction of sp³-hybridized carbons (Fsp3) is 0.652. The first-order valence-corrected chi connectivity index (χ1v) is 11.1. The Labute approximate surface area is 172 Å². The maximum atomic E-state index is 12.6. The van der Waals surface area contributed by atoms with Gasteiger partial charge in [-0.25, -0.2) is 0 Å². The monoisotopic (exact) mass is 397 g/mol. The molecule has 6 heteroatoms. The second-order valence-corrected chi connectivity index (χ2v) is 9.74. The Morgan fingerprint density at radius 2 is 1.52 bits per heavy atom. The van der Waals surface area contributed by atoms with Gasteiger partial charge >= 0.3 is 0 Å². The molecule has 1 aromatic carbocycles. The summed E-state index contributed by atoms with van der Waals surface area (Å²) in [7, 11) is 0. The van der Waals surface area contributed by atoms with Crippen LogP contribution in [0.3, 0.4) is 0 Å². The van der Waals surface area contributed by atoms with Gasteiger partial charge in [-0.2, -0.15) is 0 Å². The lowest BCUT2D eigenvalue weighted by Crippen LogP contribution is -2.50. The van der Waals surface area contributed by atoms with Crippen LogP contribution in [0.5, 0.6) is 0 Å². The molecule has 4 aliphatic carbocycles. The summed E-state index contributed by atoms with van der Waals surface area (Å²) in [4.78, 5) is 27.3. The molecule has 0 spiro atoms. The highest BCUT2D eigenvalue weighted by molar-refractivity contribution is 5.95. The zero-order chi connectivity index (χ0) is 19.8. The van der Waals surface area contributed by atoms with Gasteiger partial charge in [-0.1, -0.05) is 0 Å². The Morgan fingerprint density at radius 3 is 2.10 bits per heavy atom. The van der Waals surface area contributed by atoms with E-state index in [1.165, 1.54) is 38.5 Å². The predicted molar refractivity (Wildman–Crippen MR) is 110 cm³/mol. The number of hydrogen-bond donors (Lipinski definition) is 2. The largest absolute Gasteiger partial charge is 0.378 e. The zero-order valence-electron chi connectivity index (χ0n) is 17.0. The van der Waals surface area contributed by atoms with Crippen LogP contribution in [0.1, 0.15) is 55.3 Å². The Morgan fingerprint density at radius 1 is 0.931 bits per heavy atom. The van der Waals surface area contributed by atoms with E-state index in [2.05, 4.69) is 15.8 Å². The number of benzene rings is 1. The molecule has 6 rings (SSSR count). The molecule has 1 saturated heterocycles. The van der Waals surface area contributed by atoms with E-state index in [1.54, 1.807) is 0 Å². The van der Waals surface area contributed by atoms with Crippen molar-refractivity contribution in [3.05, 3.63) is 29.8 Å². The predicted octanol–water partition coefficient (Wildman–Crippen LogP) is 2.89. The topological polar surface area (TPSA) is 70.7 Å². The highest BCUT2D eigenvalue weighted by atomic mass is 16.5. The van der Waals surface area contributed by atoms with Crippen molar-refractivity contribution in [1.82, 2.24) is 10.9 Å². The van der Waals surface area contributed by atoms with Crippen molar-refractivity contribution >= 4 is 17.5 Å². The van der Waals surface area contributed by atoms with E-state index in [-0.39, 0.29) is 17.2 Å². The van der Waals surface area contributed by atoms with Gasteiger partial charge < -0.3 is 9.64 Å². The van der Waals surface area contributed by atoms with Crippen molar-refractivity contribution in [3.63, 3.8) is 0 Å². The van der Waals surface area contributed by atoms with E-state index in [0.29, 0.717) is 12.0 Å². The van der Waals surface area contributed by atoms with Crippen LogP contribution in [-0.4, -0.2) is 38.1 Å². The Hall–Kier alpha value is -2.08. The number of morpholine rings is 1. The van der Waals surface area contributed by atoms with Crippen molar-refractivity contribution in [1.29, 1.82) is 0 Å². The number of carbonyl (C=O) groups is 2. The van der Waals surface area contributed by atoms with Gasteiger partial charge in [0.05, 0.1) is 13.2 Å². The number of ether oxygens (including phenoxy) is 1. The first kappa shape index (κ1) is 18.9. The summed E-state index contributed by atoms with van der Waals surface area (Å²) in [6.07, 6.45) is 8.26. The standard InChI is InChI=1S/C23H31N3O3/c27-21(15-23-12-16-9-17(13-23)11-18(10-16)14-23)24-25-22(28)19-1-3-20(4-2-19)26-5-7-29-8-6-26/h1-4,16-18H,5-15H2,(H,24,27)(H,25,28). The fourth-order valence-corrected chi connectivity index (χ4v) is 6.74. The van der Waals surface area contributed by atoms with Crippen LogP contribution in [0.2, 0.25) is 0 Å². The summed E-state index contributed by atoms with van der Waals surface area (Å²) in [6.45, 7) is 3.20. The third-order valence-corrected chi connectivity index (χ3v) is 7.52. The molecule has 1 heterocycles. The number of carbonyl (C=O) groups excluding carboxylic acids is 2. The molecule has 156 valence electrons. The SMILES string of the molecule is O=C(CC12CC3CC(CC(C3)C1)C2)NNC(=O)c1ccc(N2CCOCC2)cc1. The second-order valence-electron chi connectivity index (χ2n) is 9.74. The summed E-state index contributed by atoms with van der Waals surface area (Å²) < 4.78 is 5.38. The number of amides is 2. The van der Waals surface area contributed by atoms with E-state index >= 15 is 0 Å². The average Bonchev–Trinajstić information content (AvgIpc) is 2.71. The molecule has 4 saturated carbocycles. The van der Waals surface area contributed by atoms with Crippen molar-refractivity contribution in [2.75, 3.05) is 31.2 Å². The average molecular weight is 398 g/mol. The summed E-state index contributed by atoms with van der Waals surface area (Å²) in [5.41, 5.74) is 7.11. The van der Waals surface area contributed by atoms with Gasteiger partial charge in [0.2, 0.25) is 5.91 Å². The van der Waals surface area contributed by atoms with Gasteiger partial charge in [-0.15, -0.1) is 0 Å². The molecule has 0 aromatic heterocycles. The summed E-state index contributed by atoms with van der Waals surface area (Å²) in [6, 6.07) is 7.53. The van der Waals surface area contributed by atoms with Gasteiger partial charge in [0.25, 0.3) is 5.91 Å². The van der Waals surface area contributed by atoms with Crippen LogP contribution in [0.15, 0.2) is 24.3 Å². The van der Waals surface area contributed by atoms with Crippen molar-refractivity contribution < 1.29 is 14.3 Å². The Bertz CT molecular complexity index is 735. The number of nitrogens with one attached hydrogen (secondary N) is 2. The number of hydrogen-bond acceptors (Lipinski definition) is 4. The molecular formula is C23H31N3O3. The molecule has 0 radical (unpaired) electrons. The maximum Gasteiger partial charge on any atom is 0.269 e. The van der Waals surface area contributed by atoms with Crippen LogP contribution >= 0.6 is 0 Å². The van der Waals surface area contributed by atoms with Gasteiger partial charge in [0, 0.05) is 30.8 Å². The molecular weight excluding hydrogens is 366 g/mol. The van der Waals surface area contributed by atoms with Gasteiger partial charge in [0.15, 0.2) is 0 Å². The molecule has 6 nitrogen and oxygen atoms in total. The van der Waals surface area contributed by atoms with Crippen LogP contribution in [0, 0.1) is 23.2 Å². The minimum Gasteiger partial charge on any atom is -0.378 e. The van der Waals surface area contributed by atoms with E-state index in [9.17, 15) is 9.59 Å². The minimum atomic E-state index is -0.266. The molecule has 1 aliphatic heterocycles. The number of rotatable bonds is 4. The minimum absolute atomic E-state index is 0.0507. The summed E-state index contributed by atoms with van der Waals surface area (Å²) >= 11 is 0. The number of nitrogens with zero attached hydrogens (tertiary/aromatic N) is 1. The molecule has 29 heavy (non-hydrogen) atoms. The molecule has 4 bridgehead atoms. The van der Waals surface area contributed by atoms with Crippen molar-refractivity contribution in [3.8, 4) is 0 Å². The lowest BCUT2D eigenvalue weighted by atomic mass is 9.49. The second kappa shape index (κ2) is 7.63. The number of hydrazine groups is 1. The van der Waals surface area contributed by atoms with Crippen LogP contribution in [-0.2, 0) is 9.53 Å². The highest BCUT2D eigenvalue weighted by Gasteiger charge is 2.51. The van der Waals surface area contributed by atoms with Crippen LogP contribution < -0.4 is 15.8 Å². The van der Waals surface area contributed by atoms with Crippen LogP contribution in [0.25, 0.3) is 0 Å². The van der Waals surface area contributed by atoms with E-state index in [1.807, 2.05) is 24.3 Å². The first-order valence-electron chi connectivity index (χ1n) is 11.1. The van der Waals surface area contributed by atoms with Gasteiger partial charge in [-0.3, -0.25) is 20.4 Å².